The van der Waals surface area contributed by atoms with Crippen LogP contribution in [-0.2, 0) is 17.6 Å². The monoisotopic (exact) mass is 409 g/mol. The Morgan fingerprint density at radius 3 is 2.75 bits per heavy atom. The van der Waals surface area contributed by atoms with Crippen LogP contribution in [0.4, 0.5) is 0 Å². The maximum Gasteiger partial charge on any atom is 0.238 e. The molecule has 0 unspecified atom stereocenters. The summed E-state index contributed by atoms with van der Waals surface area (Å²) >= 11 is 3.40. The van der Waals surface area contributed by atoms with Crippen LogP contribution in [0, 0.1) is 6.92 Å². The second-order valence-corrected chi connectivity index (χ2v) is 9.84. The van der Waals surface area contributed by atoms with Crippen LogP contribution in [0.5, 0.6) is 0 Å². The highest BCUT2D eigenvalue weighted by Gasteiger charge is 2.31. The summed E-state index contributed by atoms with van der Waals surface area (Å²) in [6, 6.07) is 10.4. The summed E-state index contributed by atoms with van der Waals surface area (Å²) < 4.78 is 0. The zero-order chi connectivity index (χ0) is 19.1. The molecule has 0 saturated heterocycles. The van der Waals surface area contributed by atoms with Crippen molar-refractivity contribution in [3.05, 3.63) is 52.2 Å². The average molecular weight is 410 g/mol. The molecule has 0 radical (unpaired) electrons. The molecule has 0 spiro atoms. The Labute approximate surface area is 173 Å². The SMILES string of the molecule is Cc1nc(S[C@H](C(=O)NC2CC2)c2ccccc2)c2c3c(sc2n1)CCCC3. The van der Waals surface area contributed by atoms with E-state index in [-0.39, 0.29) is 11.2 Å². The third-order valence-corrected chi connectivity index (χ3v) is 7.81. The fourth-order valence-corrected chi connectivity index (χ4v) is 6.41. The van der Waals surface area contributed by atoms with Crippen molar-refractivity contribution in [3.8, 4) is 0 Å². The first-order valence-electron chi connectivity index (χ1n) is 10.00. The van der Waals surface area contributed by atoms with Crippen LogP contribution in [0.2, 0.25) is 0 Å². The van der Waals surface area contributed by atoms with E-state index in [4.69, 9.17) is 9.97 Å². The molecule has 2 aliphatic rings. The molecular formula is C22H23N3OS2. The van der Waals surface area contributed by atoms with E-state index < -0.39 is 0 Å². The number of fused-ring (bicyclic) bond motifs is 3. The number of carbonyl (C=O) groups is 1. The van der Waals surface area contributed by atoms with Crippen molar-refractivity contribution in [2.45, 2.75) is 61.8 Å². The van der Waals surface area contributed by atoms with Gasteiger partial charge in [0.2, 0.25) is 5.91 Å². The molecule has 1 saturated carbocycles. The minimum atomic E-state index is -0.293. The highest BCUT2D eigenvalue weighted by molar-refractivity contribution is 8.00. The molecule has 1 aromatic carbocycles. The molecule has 144 valence electrons. The Bertz CT molecular complexity index is 1030. The number of aromatic nitrogens is 2. The van der Waals surface area contributed by atoms with Gasteiger partial charge in [-0.1, -0.05) is 42.1 Å². The van der Waals surface area contributed by atoms with Crippen molar-refractivity contribution in [2.75, 3.05) is 0 Å². The maximum atomic E-state index is 13.1. The van der Waals surface area contributed by atoms with Gasteiger partial charge < -0.3 is 5.32 Å². The first kappa shape index (κ1) is 18.1. The highest BCUT2D eigenvalue weighted by atomic mass is 32.2. The number of benzene rings is 1. The van der Waals surface area contributed by atoms with Gasteiger partial charge in [-0.05, 0) is 56.6 Å². The Balaban J connectivity index is 1.57. The van der Waals surface area contributed by atoms with Gasteiger partial charge in [0.1, 0.15) is 20.9 Å². The molecule has 2 aromatic heterocycles. The van der Waals surface area contributed by atoms with Crippen LogP contribution in [0.15, 0.2) is 35.4 Å². The number of hydrogen-bond donors (Lipinski definition) is 1. The Kier molecular flexibility index (Phi) is 4.85. The van der Waals surface area contributed by atoms with Crippen molar-refractivity contribution in [1.82, 2.24) is 15.3 Å². The van der Waals surface area contributed by atoms with Crippen molar-refractivity contribution >= 4 is 39.2 Å². The van der Waals surface area contributed by atoms with Crippen LogP contribution in [-0.4, -0.2) is 21.9 Å². The number of hydrogen-bond acceptors (Lipinski definition) is 5. The number of thioether (sulfide) groups is 1. The first-order chi connectivity index (χ1) is 13.7. The topological polar surface area (TPSA) is 54.9 Å². The third-order valence-electron chi connectivity index (χ3n) is 5.39. The second kappa shape index (κ2) is 7.48. The molecule has 1 fully saturated rings. The lowest BCUT2D eigenvalue weighted by Gasteiger charge is -2.18. The van der Waals surface area contributed by atoms with E-state index in [0.29, 0.717) is 6.04 Å². The van der Waals surface area contributed by atoms with Gasteiger partial charge in [-0.15, -0.1) is 11.3 Å². The summed E-state index contributed by atoms with van der Waals surface area (Å²) in [6.07, 6.45) is 6.90. The maximum absolute atomic E-state index is 13.1. The molecule has 3 aromatic rings. The van der Waals surface area contributed by atoms with Gasteiger partial charge >= 0.3 is 0 Å². The van der Waals surface area contributed by atoms with Crippen molar-refractivity contribution in [3.63, 3.8) is 0 Å². The van der Waals surface area contributed by atoms with Gasteiger partial charge in [0, 0.05) is 16.3 Å². The fourth-order valence-electron chi connectivity index (χ4n) is 3.83. The molecule has 2 aliphatic carbocycles. The molecule has 2 heterocycles. The molecule has 1 atom stereocenters. The molecule has 4 nitrogen and oxygen atoms in total. The Morgan fingerprint density at radius 1 is 1.18 bits per heavy atom. The van der Waals surface area contributed by atoms with Gasteiger partial charge in [0.15, 0.2) is 0 Å². The number of rotatable bonds is 5. The van der Waals surface area contributed by atoms with E-state index in [1.807, 2.05) is 48.6 Å². The smallest absolute Gasteiger partial charge is 0.238 e. The van der Waals surface area contributed by atoms with E-state index in [1.54, 1.807) is 11.8 Å². The minimum absolute atomic E-state index is 0.0900. The van der Waals surface area contributed by atoms with E-state index in [2.05, 4.69) is 5.32 Å². The number of nitrogens with zero attached hydrogens (tertiary/aromatic N) is 2. The molecule has 28 heavy (non-hydrogen) atoms. The molecule has 1 amide bonds. The highest BCUT2D eigenvalue weighted by Crippen LogP contribution is 2.44. The molecule has 1 N–H and O–H groups in total. The molecule has 6 heteroatoms. The summed E-state index contributed by atoms with van der Waals surface area (Å²) in [7, 11) is 0. The van der Waals surface area contributed by atoms with Crippen molar-refractivity contribution in [1.29, 1.82) is 0 Å². The van der Waals surface area contributed by atoms with Gasteiger partial charge in [-0.2, -0.15) is 0 Å². The summed E-state index contributed by atoms with van der Waals surface area (Å²) in [6.45, 7) is 1.95. The summed E-state index contributed by atoms with van der Waals surface area (Å²) in [5.74, 6) is 0.871. The number of nitrogens with one attached hydrogen (secondary N) is 1. The summed E-state index contributed by atoms with van der Waals surface area (Å²) in [4.78, 5) is 25.1. The number of carbonyl (C=O) groups excluding carboxylic acids is 1. The number of amides is 1. The summed E-state index contributed by atoms with van der Waals surface area (Å²) in [5.41, 5.74) is 2.45. The molecule has 0 bridgehead atoms. The molecule has 0 aliphatic heterocycles. The predicted octanol–water partition coefficient (Wildman–Crippen LogP) is 4.99. The lowest BCUT2D eigenvalue weighted by atomic mass is 9.97. The van der Waals surface area contributed by atoms with Gasteiger partial charge in [-0.25, -0.2) is 9.97 Å². The van der Waals surface area contributed by atoms with Crippen molar-refractivity contribution in [2.24, 2.45) is 0 Å². The van der Waals surface area contributed by atoms with E-state index in [1.165, 1.54) is 28.7 Å². The van der Waals surface area contributed by atoms with Crippen LogP contribution in [0.3, 0.4) is 0 Å². The zero-order valence-electron chi connectivity index (χ0n) is 15.9. The standard InChI is InChI=1S/C22H23N3OS2/c1-13-23-21-18(16-9-5-6-10-17(16)27-21)22(24-13)28-19(14-7-3-2-4-8-14)20(26)25-15-11-12-15/h2-4,7-8,15,19H,5-6,9-12H2,1H3,(H,25,26)/t19-/m0/s1. The van der Waals surface area contributed by atoms with Gasteiger partial charge in [0.25, 0.3) is 0 Å². The van der Waals surface area contributed by atoms with Gasteiger partial charge in [0.05, 0.1) is 0 Å². The lowest BCUT2D eigenvalue weighted by molar-refractivity contribution is -0.120. The Morgan fingerprint density at radius 2 is 1.96 bits per heavy atom. The lowest BCUT2D eigenvalue weighted by Crippen LogP contribution is -2.29. The zero-order valence-corrected chi connectivity index (χ0v) is 17.5. The molecule has 5 rings (SSSR count). The van der Waals surface area contributed by atoms with E-state index in [0.717, 1.165) is 46.9 Å². The number of aryl methyl sites for hydroxylation is 3. The first-order valence-corrected chi connectivity index (χ1v) is 11.7. The molecular weight excluding hydrogens is 386 g/mol. The van der Waals surface area contributed by atoms with Crippen LogP contribution in [0.1, 0.15) is 52.8 Å². The largest absolute Gasteiger partial charge is 0.352 e. The van der Waals surface area contributed by atoms with Gasteiger partial charge in [-0.3, -0.25) is 4.79 Å². The van der Waals surface area contributed by atoms with Crippen LogP contribution < -0.4 is 5.32 Å². The number of thiophene rings is 1. The normalized spacial score (nSPS) is 17.3. The summed E-state index contributed by atoms with van der Waals surface area (Å²) in [5, 5.41) is 5.05. The third kappa shape index (κ3) is 3.55. The predicted molar refractivity (Wildman–Crippen MR) is 115 cm³/mol. The minimum Gasteiger partial charge on any atom is -0.352 e. The fraction of sp³-hybridized carbons (Fsp3) is 0.409. The van der Waals surface area contributed by atoms with E-state index in [9.17, 15) is 4.79 Å². The quantitative estimate of drug-likeness (QED) is 0.476. The average Bonchev–Trinajstić information content (AvgIpc) is 3.43. The van der Waals surface area contributed by atoms with Crippen molar-refractivity contribution < 1.29 is 4.79 Å². The van der Waals surface area contributed by atoms with Crippen LogP contribution in [0.25, 0.3) is 10.2 Å². The Hall–Kier alpha value is -1.92. The van der Waals surface area contributed by atoms with Crippen LogP contribution >= 0.6 is 23.1 Å². The second-order valence-electron chi connectivity index (χ2n) is 7.66. The van der Waals surface area contributed by atoms with E-state index >= 15 is 0 Å².